The van der Waals surface area contributed by atoms with Crippen molar-refractivity contribution in [2.24, 2.45) is 7.05 Å². The van der Waals surface area contributed by atoms with Gasteiger partial charge in [-0.25, -0.2) is 4.98 Å². The lowest BCUT2D eigenvalue weighted by atomic mass is 10.1. The lowest BCUT2D eigenvalue weighted by molar-refractivity contribution is -0.115. The molecule has 1 amide bonds. The van der Waals surface area contributed by atoms with Crippen molar-refractivity contribution in [3.05, 3.63) is 59.2 Å². The summed E-state index contributed by atoms with van der Waals surface area (Å²) in [4.78, 5) is 16.8. The molecule has 0 spiro atoms. The third-order valence-corrected chi connectivity index (χ3v) is 5.11. The molecule has 6 heteroatoms. The number of halogens is 1. The van der Waals surface area contributed by atoms with Crippen LogP contribution >= 0.6 is 22.9 Å². The monoisotopic (exact) mass is 355 g/mol. The molecule has 0 unspecified atom stereocenters. The van der Waals surface area contributed by atoms with Gasteiger partial charge in [-0.1, -0.05) is 35.1 Å². The zero-order valence-electron chi connectivity index (χ0n) is 12.9. The van der Waals surface area contributed by atoms with Crippen molar-refractivity contribution in [2.75, 3.05) is 5.32 Å². The number of anilines is 1. The Morgan fingerprint density at radius 3 is 2.96 bits per heavy atom. The van der Waals surface area contributed by atoms with Crippen LogP contribution in [0, 0.1) is 0 Å². The number of benzene rings is 2. The minimum atomic E-state index is -0.0819. The van der Waals surface area contributed by atoms with E-state index in [1.807, 2.05) is 60.3 Å². The number of thiazole rings is 1. The van der Waals surface area contributed by atoms with Crippen LogP contribution in [0.25, 0.3) is 21.1 Å². The van der Waals surface area contributed by atoms with Gasteiger partial charge in [0, 0.05) is 29.2 Å². The first-order valence-electron chi connectivity index (χ1n) is 7.49. The smallest absolute Gasteiger partial charge is 0.230 e. The van der Waals surface area contributed by atoms with Gasteiger partial charge < -0.3 is 9.88 Å². The molecule has 2 aromatic carbocycles. The Balaban J connectivity index is 1.59. The molecule has 1 N–H and O–H groups in total. The van der Waals surface area contributed by atoms with Crippen molar-refractivity contribution in [3.8, 4) is 0 Å². The number of hydrogen-bond donors (Lipinski definition) is 1. The molecule has 4 nitrogen and oxygen atoms in total. The number of carbonyl (C=O) groups excluding carboxylic acids is 1. The number of nitrogens with zero attached hydrogens (tertiary/aromatic N) is 2. The van der Waals surface area contributed by atoms with E-state index < -0.39 is 0 Å². The first kappa shape index (κ1) is 15.2. The van der Waals surface area contributed by atoms with E-state index in [0.29, 0.717) is 10.2 Å². The molecule has 0 aliphatic carbocycles. The molecule has 4 aromatic rings. The molecule has 0 aliphatic rings. The van der Waals surface area contributed by atoms with Crippen LogP contribution in [0.2, 0.25) is 5.02 Å². The van der Waals surface area contributed by atoms with Gasteiger partial charge >= 0.3 is 0 Å². The van der Waals surface area contributed by atoms with Gasteiger partial charge in [0.25, 0.3) is 0 Å². The van der Waals surface area contributed by atoms with Crippen LogP contribution in [-0.2, 0) is 18.3 Å². The number of amides is 1. The summed E-state index contributed by atoms with van der Waals surface area (Å²) in [6, 6.07) is 13.6. The van der Waals surface area contributed by atoms with Crippen molar-refractivity contribution in [3.63, 3.8) is 0 Å². The number of hydrogen-bond acceptors (Lipinski definition) is 3. The summed E-state index contributed by atoms with van der Waals surface area (Å²) in [5, 5.41) is 5.19. The fourth-order valence-corrected chi connectivity index (χ4v) is 3.90. The maximum Gasteiger partial charge on any atom is 0.230 e. The molecule has 4 rings (SSSR count). The highest BCUT2D eigenvalue weighted by Gasteiger charge is 2.13. The first-order chi connectivity index (χ1) is 11.6. The topological polar surface area (TPSA) is 46.9 Å². The highest BCUT2D eigenvalue weighted by molar-refractivity contribution is 7.22. The summed E-state index contributed by atoms with van der Waals surface area (Å²) >= 11 is 7.57. The fraction of sp³-hybridized carbons (Fsp3) is 0.111. The lowest BCUT2D eigenvalue weighted by Gasteiger charge is -2.01. The second-order valence-corrected chi connectivity index (χ2v) is 7.11. The van der Waals surface area contributed by atoms with Crippen LogP contribution in [-0.4, -0.2) is 15.5 Å². The van der Waals surface area contributed by atoms with Crippen LogP contribution in [0.3, 0.4) is 0 Å². The van der Waals surface area contributed by atoms with Crippen molar-refractivity contribution < 1.29 is 4.79 Å². The Bertz CT molecular complexity index is 1030. The van der Waals surface area contributed by atoms with Gasteiger partial charge in [0.15, 0.2) is 5.13 Å². The Morgan fingerprint density at radius 1 is 1.29 bits per heavy atom. The molecular weight excluding hydrogens is 342 g/mol. The van der Waals surface area contributed by atoms with Gasteiger partial charge in [-0.05, 0) is 35.9 Å². The molecule has 2 heterocycles. The number of fused-ring (bicyclic) bond motifs is 2. The van der Waals surface area contributed by atoms with E-state index in [2.05, 4.69) is 10.3 Å². The van der Waals surface area contributed by atoms with Crippen LogP contribution in [0.1, 0.15) is 5.56 Å². The molecule has 0 saturated carbocycles. The Kier molecular flexibility index (Phi) is 3.75. The van der Waals surface area contributed by atoms with Crippen LogP contribution in [0.5, 0.6) is 0 Å². The van der Waals surface area contributed by atoms with Gasteiger partial charge in [0.1, 0.15) is 0 Å². The quantitative estimate of drug-likeness (QED) is 0.582. The molecule has 2 aromatic heterocycles. The molecule has 24 heavy (non-hydrogen) atoms. The minimum absolute atomic E-state index is 0.0819. The number of para-hydroxylation sites is 1. The van der Waals surface area contributed by atoms with Gasteiger partial charge in [-0.15, -0.1) is 0 Å². The summed E-state index contributed by atoms with van der Waals surface area (Å²) in [6.45, 7) is 0. The molecule has 0 fully saturated rings. The molecule has 0 atom stereocenters. The summed E-state index contributed by atoms with van der Waals surface area (Å²) in [6.07, 6.45) is 2.26. The zero-order valence-corrected chi connectivity index (χ0v) is 14.5. The number of carbonyl (C=O) groups is 1. The second kappa shape index (κ2) is 5.92. The number of nitrogens with one attached hydrogen (secondary N) is 1. The Morgan fingerprint density at radius 2 is 2.12 bits per heavy atom. The van der Waals surface area contributed by atoms with Crippen LogP contribution in [0.15, 0.2) is 48.7 Å². The first-order valence-corrected chi connectivity index (χ1v) is 8.68. The summed E-state index contributed by atoms with van der Waals surface area (Å²) in [5.74, 6) is -0.0819. The molecule has 0 aliphatic heterocycles. The lowest BCUT2D eigenvalue weighted by Crippen LogP contribution is -2.13. The number of rotatable bonds is 3. The molecule has 0 radical (unpaired) electrons. The summed E-state index contributed by atoms with van der Waals surface area (Å²) in [7, 11) is 1.96. The Labute approximate surface area is 147 Å². The summed E-state index contributed by atoms with van der Waals surface area (Å²) < 4.78 is 3.07. The van der Waals surface area contributed by atoms with Crippen LogP contribution in [0.4, 0.5) is 5.13 Å². The van der Waals surface area contributed by atoms with Crippen molar-refractivity contribution in [2.45, 2.75) is 6.42 Å². The van der Waals surface area contributed by atoms with E-state index >= 15 is 0 Å². The third kappa shape index (κ3) is 2.77. The van der Waals surface area contributed by atoms with E-state index in [1.54, 1.807) is 0 Å². The summed E-state index contributed by atoms with van der Waals surface area (Å²) in [5.41, 5.74) is 2.91. The fourth-order valence-electron chi connectivity index (χ4n) is 2.85. The van der Waals surface area contributed by atoms with E-state index in [0.717, 1.165) is 26.7 Å². The number of aromatic nitrogens is 2. The Hall–Kier alpha value is -2.37. The average Bonchev–Trinajstić information content (AvgIpc) is 3.08. The SMILES string of the molecule is Cn1cc(CC(=O)Nc2nc3ccccc3s2)c2cc(Cl)ccc21. The van der Waals surface area contributed by atoms with Gasteiger partial charge in [-0.2, -0.15) is 0 Å². The van der Waals surface area contributed by atoms with Gasteiger partial charge in [0.2, 0.25) is 5.91 Å². The highest BCUT2D eigenvalue weighted by atomic mass is 35.5. The van der Waals surface area contributed by atoms with E-state index in [1.165, 1.54) is 11.3 Å². The maximum atomic E-state index is 12.4. The molecule has 0 saturated heterocycles. The molecule has 0 bridgehead atoms. The zero-order chi connectivity index (χ0) is 16.7. The van der Waals surface area contributed by atoms with Crippen molar-refractivity contribution in [1.29, 1.82) is 0 Å². The van der Waals surface area contributed by atoms with Crippen LogP contribution < -0.4 is 5.32 Å². The van der Waals surface area contributed by atoms with Gasteiger partial charge in [-0.3, -0.25) is 4.79 Å². The predicted octanol–water partition coefficient (Wildman–Crippen LogP) is 4.62. The number of aryl methyl sites for hydroxylation is 1. The van der Waals surface area contributed by atoms with E-state index in [4.69, 9.17) is 11.6 Å². The minimum Gasteiger partial charge on any atom is -0.350 e. The normalized spacial score (nSPS) is 11.2. The van der Waals surface area contributed by atoms with E-state index in [9.17, 15) is 4.79 Å². The van der Waals surface area contributed by atoms with Gasteiger partial charge in [0.05, 0.1) is 16.6 Å². The molecule has 120 valence electrons. The maximum absolute atomic E-state index is 12.4. The molecular formula is C18H14ClN3OS. The van der Waals surface area contributed by atoms with E-state index in [-0.39, 0.29) is 12.3 Å². The van der Waals surface area contributed by atoms with Crippen molar-refractivity contribution >= 4 is 55.1 Å². The predicted molar refractivity (Wildman–Crippen MR) is 99.9 cm³/mol. The average molecular weight is 356 g/mol. The second-order valence-electron chi connectivity index (χ2n) is 5.64. The van der Waals surface area contributed by atoms with Crippen molar-refractivity contribution in [1.82, 2.24) is 9.55 Å². The third-order valence-electron chi connectivity index (χ3n) is 3.93. The standard InChI is InChI=1S/C18H14ClN3OS/c1-22-10-11(13-9-12(19)6-7-15(13)22)8-17(23)21-18-20-14-4-2-3-5-16(14)24-18/h2-7,9-10H,8H2,1H3,(H,20,21,23). The largest absolute Gasteiger partial charge is 0.350 e. The highest BCUT2D eigenvalue weighted by Crippen LogP contribution is 2.27.